The molecule has 2 atom stereocenters. The standard InChI is InChI=1S/C11H21NO5S/c1-9-4-5-10(11(13)14)8-12(9)18(15,16)7-3-6-17-2/h9-10H,3-8H2,1-2H3,(H,13,14). The van der Waals surface area contributed by atoms with Gasteiger partial charge in [-0.05, 0) is 26.2 Å². The molecule has 0 radical (unpaired) electrons. The first-order valence-corrected chi connectivity index (χ1v) is 7.70. The lowest BCUT2D eigenvalue weighted by Gasteiger charge is -2.35. The van der Waals surface area contributed by atoms with Crippen molar-refractivity contribution in [1.82, 2.24) is 4.31 Å². The van der Waals surface area contributed by atoms with Crippen molar-refractivity contribution >= 4 is 16.0 Å². The zero-order chi connectivity index (χ0) is 13.8. The Labute approximate surface area is 108 Å². The van der Waals surface area contributed by atoms with E-state index < -0.39 is 21.9 Å². The molecule has 1 heterocycles. The highest BCUT2D eigenvalue weighted by Crippen LogP contribution is 2.25. The maximum atomic E-state index is 12.1. The molecular weight excluding hydrogens is 258 g/mol. The summed E-state index contributed by atoms with van der Waals surface area (Å²) in [5.74, 6) is -1.49. The van der Waals surface area contributed by atoms with E-state index >= 15 is 0 Å². The molecule has 1 rings (SSSR count). The van der Waals surface area contributed by atoms with Crippen molar-refractivity contribution < 1.29 is 23.1 Å². The van der Waals surface area contributed by atoms with Crippen LogP contribution in [0.25, 0.3) is 0 Å². The molecule has 6 nitrogen and oxygen atoms in total. The van der Waals surface area contributed by atoms with Gasteiger partial charge < -0.3 is 9.84 Å². The largest absolute Gasteiger partial charge is 0.481 e. The Morgan fingerprint density at radius 1 is 1.44 bits per heavy atom. The Hall–Kier alpha value is -0.660. The van der Waals surface area contributed by atoms with Crippen LogP contribution in [0.3, 0.4) is 0 Å². The molecule has 0 aromatic heterocycles. The SMILES string of the molecule is COCCCS(=O)(=O)N1CC(C(=O)O)CCC1C. The minimum Gasteiger partial charge on any atom is -0.481 e. The van der Waals surface area contributed by atoms with Gasteiger partial charge in [0.15, 0.2) is 0 Å². The molecule has 1 aliphatic heterocycles. The summed E-state index contributed by atoms with van der Waals surface area (Å²) < 4.78 is 30.4. The molecular formula is C11H21NO5S. The van der Waals surface area contributed by atoms with Crippen LogP contribution in [0.4, 0.5) is 0 Å². The van der Waals surface area contributed by atoms with Gasteiger partial charge in [0.2, 0.25) is 10.0 Å². The van der Waals surface area contributed by atoms with E-state index in [1.807, 2.05) is 6.92 Å². The number of rotatable bonds is 6. The zero-order valence-corrected chi connectivity index (χ0v) is 11.6. The van der Waals surface area contributed by atoms with E-state index in [2.05, 4.69) is 0 Å². The summed E-state index contributed by atoms with van der Waals surface area (Å²) in [4.78, 5) is 11.0. The molecule has 106 valence electrons. The fourth-order valence-corrected chi connectivity index (χ4v) is 3.95. The lowest BCUT2D eigenvalue weighted by molar-refractivity contribution is -0.143. The van der Waals surface area contributed by atoms with E-state index in [1.54, 1.807) is 0 Å². The van der Waals surface area contributed by atoms with Crippen molar-refractivity contribution in [1.29, 1.82) is 0 Å². The van der Waals surface area contributed by atoms with Crippen molar-refractivity contribution in [3.05, 3.63) is 0 Å². The summed E-state index contributed by atoms with van der Waals surface area (Å²) >= 11 is 0. The second kappa shape index (κ2) is 6.49. The first-order valence-electron chi connectivity index (χ1n) is 6.09. The van der Waals surface area contributed by atoms with E-state index in [4.69, 9.17) is 9.84 Å². The van der Waals surface area contributed by atoms with Gasteiger partial charge in [0, 0.05) is 26.3 Å². The number of carboxylic acids is 1. The number of aliphatic carboxylic acids is 1. The molecule has 0 amide bonds. The summed E-state index contributed by atoms with van der Waals surface area (Å²) in [6, 6.07) is -0.117. The highest BCUT2D eigenvalue weighted by molar-refractivity contribution is 7.89. The Kier molecular flexibility index (Phi) is 5.55. The minimum atomic E-state index is -3.38. The third-order valence-corrected chi connectivity index (χ3v) is 5.31. The van der Waals surface area contributed by atoms with E-state index in [9.17, 15) is 13.2 Å². The summed E-state index contributed by atoms with van der Waals surface area (Å²) in [5, 5.41) is 8.98. The molecule has 1 fully saturated rings. The highest BCUT2D eigenvalue weighted by atomic mass is 32.2. The maximum Gasteiger partial charge on any atom is 0.307 e. The second-order valence-corrected chi connectivity index (χ2v) is 6.73. The Morgan fingerprint density at radius 2 is 2.11 bits per heavy atom. The molecule has 0 saturated carbocycles. The maximum absolute atomic E-state index is 12.1. The fourth-order valence-electron chi connectivity index (χ4n) is 2.17. The van der Waals surface area contributed by atoms with Crippen LogP contribution in [0.5, 0.6) is 0 Å². The molecule has 1 N–H and O–H groups in total. The number of hydrogen-bond donors (Lipinski definition) is 1. The molecule has 7 heteroatoms. The normalized spacial score (nSPS) is 26.1. The van der Waals surface area contributed by atoms with Crippen molar-refractivity contribution in [3.8, 4) is 0 Å². The highest BCUT2D eigenvalue weighted by Gasteiger charge is 2.36. The van der Waals surface area contributed by atoms with Gasteiger partial charge in [0.05, 0.1) is 11.7 Å². The Balaban J connectivity index is 2.69. The number of sulfonamides is 1. The van der Waals surface area contributed by atoms with Crippen molar-refractivity contribution in [2.45, 2.75) is 32.2 Å². The number of hydrogen-bond acceptors (Lipinski definition) is 4. The number of piperidine rings is 1. The van der Waals surface area contributed by atoms with Crippen LogP contribution in [0.1, 0.15) is 26.2 Å². The van der Waals surface area contributed by atoms with Gasteiger partial charge in [-0.3, -0.25) is 4.79 Å². The topological polar surface area (TPSA) is 83.9 Å². The third kappa shape index (κ3) is 3.93. The van der Waals surface area contributed by atoms with Gasteiger partial charge in [-0.25, -0.2) is 8.42 Å². The third-order valence-electron chi connectivity index (χ3n) is 3.28. The number of carbonyl (C=O) groups is 1. The van der Waals surface area contributed by atoms with E-state index in [0.717, 1.165) is 0 Å². The lowest BCUT2D eigenvalue weighted by Crippen LogP contribution is -2.48. The van der Waals surface area contributed by atoms with Gasteiger partial charge in [0.25, 0.3) is 0 Å². The van der Waals surface area contributed by atoms with Crippen molar-refractivity contribution in [2.75, 3.05) is 26.0 Å². The summed E-state index contributed by atoms with van der Waals surface area (Å²) in [6.07, 6.45) is 1.57. The summed E-state index contributed by atoms with van der Waals surface area (Å²) in [6.45, 7) is 2.31. The number of methoxy groups -OCH3 is 1. The molecule has 0 aliphatic carbocycles. The first-order chi connectivity index (χ1) is 8.38. The average molecular weight is 279 g/mol. The summed E-state index contributed by atoms with van der Waals surface area (Å²) in [5.41, 5.74) is 0. The van der Waals surface area contributed by atoms with Crippen LogP contribution in [-0.4, -0.2) is 55.9 Å². The molecule has 0 aromatic rings. The van der Waals surface area contributed by atoms with Crippen LogP contribution >= 0.6 is 0 Å². The van der Waals surface area contributed by atoms with Crippen LogP contribution < -0.4 is 0 Å². The smallest absolute Gasteiger partial charge is 0.307 e. The average Bonchev–Trinajstić information content (AvgIpc) is 2.29. The number of ether oxygens (including phenoxy) is 1. The molecule has 1 saturated heterocycles. The van der Waals surface area contributed by atoms with Crippen LogP contribution in [-0.2, 0) is 19.6 Å². The first kappa shape index (κ1) is 15.4. The zero-order valence-electron chi connectivity index (χ0n) is 10.8. The van der Waals surface area contributed by atoms with Gasteiger partial charge in [-0.15, -0.1) is 0 Å². The van der Waals surface area contributed by atoms with Gasteiger partial charge >= 0.3 is 5.97 Å². The minimum absolute atomic E-state index is 0.0114. The van der Waals surface area contributed by atoms with Crippen LogP contribution in [0.15, 0.2) is 0 Å². The number of nitrogens with zero attached hydrogens (tertiary/aromatic N) is 1. The molecule has 0 spiro atoms. The Bertz CT molecular complexity index is 381. The molecule has 1 aliphatic rings. The predicted molar refractivity (Wildman–Crippen MR) is 66.8 cm³/mol. The van der Waals surface area contributed by atoms with E-state index in [-0.39, 0.29) is 18.3 Å². The molecule has 0 aromatic carbocycles. The van der Waals surface area contributed by atoms with Gasteiger partial charge in [-0.2, -0.15) is 4.31 Å². The second-order valence-electron chi connectivity index (χ2n) is 4.69. The Morgan fingerprint density at radius 3 is 2.67 bits per heavy atom. The van der Waals surface area contributed by atoms with Crippen molar-refractivity contribution in [3.63, 3.8) is 0 Å². The monoisotopic (exact) mass is 279 g/mol. The van der Waals surface area contributed by atoms with Crippen molar-refractivity contribution in [2.24, 2.45) is 5.92 Å². The van der Waals surface area contributed by atoms with E-state index in [0.29, 0.717) is 25.9 Å². The van der Waals surface area contributed by atoms with Gasteiger partial charge in [-0.1, -0.05) is 0 Å². The predicted octanol–water partition coefficient (Wildman–Crippen LogP) is 0.538. The quantitative estimate of drug-likeness (QED) is 0.717. The van der Waals surface area contributed by atoms with Crippen LogP contribution in [0.2, 0.25) is 0 Å². The summed E-state index contributed by atoms with van der Waals surface area (Å²) in [7, 11) is -1.86. The molecule has 0 bridgehead atoms. The lowest BCUT2D eigenvalue weighted by atomic mass is 9.96. The van der Waals surface area contributed by atoms with E-state index in [1.165, 1.54) is 11.4 Å². The van der Waals surface area contributed by atoms with Crippen LogP contribution in [0, 0.1) is 5.92 Å². The number of carboxylic acid groups (broad SMARTS) is 1. The van der Waals surface area contributed by atoms with Gasteiger partial charge in [0.1, 0.15) is 0 Å². The molecule has 18 heavy (non-hydrogen) atoms. The fraction of sp³-hybridized carbons (Fsp3) is 0.909. The molecule has 2 unspecified atom stereocenters.